The Morgan fingerprint density at radius 2 is 2.06 bits per heavy atom. The SMILES string of the molecule is CCCCOC(C)C(=O)N1CCC(NC)CC1.Cl. The molecule has 108 valence electrons. The first-order valence-electron chi connectivity index (χ1n) is 6.76. The Morgan fingerprint density at radius 1 is 1.44 bits per heavy atom. The van der Waals surface area contributed by atoms with E-state index in [0.29, 0.717) is 12.6 Å². The first-order valence-corrected chi connectivity index (χ1v) is 6.76. The second-order valence-electron chi connectivity index (χ2n) is 4.75. The van der Waals surface area contributed by atoms with Gasteiger partial charge in [0.05, 0.1) is 0 Å². The summed E-state index contributed by atoms with van der Waals surface area (Å²) in [6.45, 7) is 6.38. The van der Waals surface area contributed by atoms with Crippen molar-refractivity contribution in [2.24, 2.45) is 0 Å². The fourth-order valence-electron chi connectivity index (χ4n) is 2.12. The molecule has 1 unspecified atom stereocenters. The van der Waals surface area contributed by atoms with Crippen molar-refractivity contribution < 1.29 is 9.53 Å². The van der Waals surface area contributed by atoms with Gasteiger partial charge < -0.3 is 15.0 Å². The van der Waals surface area contributed by atoms with Gasteiger partial charge in [0.1, 0.15) is 6.10 Å². The molecule has 1 aliphatic rings. The minimum atomic E-state index is -0.285. The number of amides is 1. The number of rotatable bonds is 6. The Kier molecular flexibility index (Phi) is 9.42. The van der Waals surface area contributed by atoms with Crippen LogP contribution in [-0.2, 0) is 9.53 Å². The normalized spacial score (nSPS) is 18.3. The first kappa shape index (κ1) is 17.7. The van der Waals surface area contributed by atoms with Gasteiger partial charge in [0.25, 0.3) is 5.91 Å². The van der Waals surface area contributed by atoms with E-state index in [0.717, 1.165) is 38.8 Å². The Labute approximate surface area is 117 Å². The molecule has 1 amide bonds. The quantitative estimate of drug-likeness (QED) is 0.754. The predicted octanol–water partition coefficient (Wildman–Crippen LogP) is 1.82. The van der Waals surface area contributed by atoms with E-state index in [1.807, 2.05) is 18.9 Å². The molecule has 18 heavy (non-hydrogen) atoms. The Balaban J connectivity index is 0.00000289. The molecule has 0 aliphatic carbocycles. The molecule has 1 saturated heterocycles. The number of hydrogen-bond donors (Lipinski definition) is 1. The highest BCUT2D eigenvalue weighted by Gasteiger charge is 2.25. The molecular weight excluding hydrogens is 252 g/mol. The lowest BCUT2D eigenvalue weighted by Crippen LogP contribution is -2.47. The van der Waals surface area contributed by atoms with Gasteiger partial charge in [0, 0.05) is 25.7 Å². The molecule has 0 saturated carbocycles. The molecule has 1 atom stereocenters. The molecule has 1 fully saturated rings. The number of ether oxygens (including phenoxy) is 1. The number of likely N-dealkylation sites (tertiary alicyclic amines) is 1. The van der Waals surface area contributed by atoms with Gasteiger partial charge in [-0.3, -0.25) is 4.79 Å². The van der Waals surface area contributed by atoms with E-state index < -0.39 is 0 Å². The summed E-state index contributed by atoms with van der Waals surface area (Å²) in [5, 5.41) is 3.27. The summed E-state index contributed by atoms with van der Waals surface area (Å²) in [5.74, 6) is 0.149. The standard InChI is InChI=1S/C13H26N2O2.ClH/c1-4-5-10-17-11(2)13(16)15-8-6-12(14-3)7-9-15;/h11-12,14H,4-10H2,1-3H3;1H. The number of piperidine rings is 1. The van der Waals surface area contributed by atoms with Gasteiger partial charge in [-0.2, -0.15) is 0 Å². The number of hydrogen-bond acceptors (Lipinski definition) is 3. The molecule has 0 spiro atoms. The summed E-state index contributed by atoms with van der Waals surface area (Å²) in [6, 6.07) is 0.565. The van der Waals surface area contributed by atoms with Crippen LogP contribution in [0.15, 0.2) is 0 Å². The van der Waals surface area contributed by atoms with Crippen molar-refractivity contribution >= 4 is 18.3 Å². The third-order valence-corrected chi connectivity index (χ3v) is 3.43. The van der Waals surface area contributed by atoms with Crippen molar-refractivity contribution in [1.82, 2.24) is 10.2 Å². The molecular formula is C13H27ClN2O2. The fraction of sp³-hybridized carbons (Fsp3) is 0.923. The lowest BCUT2D eigenvalue weighted by atomic mass is 10.0. The van der Waals surface area contributed by atoms with E-state index in [1.54, 1.807) is 0 Å². The second-order valence-corrected chi connectivity index (χ2v) is 4.75. The highest BCUT2D eigenvalue weighted by molar-refractivity contribution is 5.85. The van der Waals surface area contributed by atoms with Crippen molar-refractivity contribution in [3.05, 3.63) is 0 Å². The average Bonchev–Trinajstić information content (AvgIpc) is 2.38. The van der Waals surface area contributed by atoms with Gasteiger partial charge in [-0.1, -0.05) is 13.3 Å². The van der Waals surface area contributed by atoms with Crippen LogP contribution in [0.4, 0.5) is 0 Å². The summed E-state index contributed by atoms with van der Waals surface area (Å²) in [7, 11) is 1.98. The number of halogens is 1. The largest absolute Gasteiger partial charge is 0.369 e. The van der Waals surface area contributed by atoms with Crippen molar-refractivity contribution in [2.75, 3.05) is 26.7 Å². The summed E-state index contributed by atoms with van der Waals surface area (Å²) in [5.41, 5.74) is 0. The molecule has 0 aromatic rings. The number of nitrogens with one attached hydrogen (secondary N) is 1. The monoisotopic (exact) mass is 278 g/mol. The summed E-state index contributed by atoms with van der Waals surface area (Å²) < 4.78 is 5.54. The lowest BCUT2D eigenvalue weighted by molar-refractivity contribution is -0.143. The van der Waals surface area contributed by atoms with Crippen LogP contribution in [0.3, 0.4) is 0 Å². The predicted molar refractivity (Wildman–Crippen MR) is 76.2 cm³/mol. The van der Waals surface area contributed by atoms with Crippen LogP contribution in [0.5, 0.6) is 0 Å². The smallest absolute Gasteiger partial charge is 0.251 e. The van der Waals surface area contributed by atoms with E-state index in [4.69, 9.17) is 4.74 Å². The molecule has 0 bridgehead atoms. The van der Waals surface area contributed by atoms with Crippen LogP contribution < -0.4 is 5.32 Å². The second kappa shape index (κ2) is 9.59. The van der Waals surface area contributed by atoms with Crippen LogP contribution >= 0.6 is 12.4 Å². The Bertz CT molecular complexity index is 231. The van der Waals surface area contributed by atoms with Crippen LogP contribution in [0.2, 0.25) is 0 Å². The van der Waals surface area contributed by atoms with Gasteiger partial charge in [-0.25, -0.2) is 0 Å². The van der Waals surface area contributed by atoms with Crippen LogP contribution in [0.25, 0.3) is 0 Å². The van der Waals surface area contributed by atoms with E-state index in [9.17, 15) is 4.79 Å². The van der Waals surface area contributed by atoms with E-state index in [2.05, 4.69) is 12.2 Å². The molecule has 1 heterocycles. The first-order chi connectivity index (χ1) is 8.19. The summed E-state index contributed by atoms with van der Waals surface area (Å²) in [6.07, 6.45) is 3.94. The zero-order valence-electron chi connectivity index (χ0n) is 11.8. The maximum absolute atomic E-state index is 12.1. The summed E-state index contributed by atoms with van der Waals surface area (Å²) in [4.78, 5) is 14.0. The van der Waals surface area contributed by atoms with Gasteiger partial charge in [0.2, 0.25) is 0 Å². The van der Waals surface area contributed by atoms with E-state index >= 15 is 0 Å². The Morgan fingerprint density at radius 3 is 2.56 bits per heavy atom. The topological polar surface area (TPSA) is 41.6 Å². The third-order valence-electron chi connectivity index (χ3n) is 3.43. The van der Waals surface area contributed by atoms with E-state index in [-0.39, 0.29) is 24.4 Å². The molecule has 0 aromatic carbocycles. The maximum atomic E-state index is 12.1. The molecule has 1 rings (SSSR count). The lowest BCUT2D eigenvalue weighted by Gasteiger charge is -2.33. The Hall–Kier alpha value is -0.320. The van der Waals surface area contributed by atoms with Gasteiger partial charge >= 0.3 is 0 Å². The molecule has 0 radical (unpaired) electrons. The maximum Gasteiger partial charge on any atom is 0.251 e. The van der Waals surface area contributed by atoms with Crippen LogP contribution in [0.1, 0.15) is 39.5 Å². The molecule has 0 aromatic heterocycles. The highest BCUT2D eigenvalue weighted by atomic mass is 35.5. The average molecular weight is 279 g/mol. The minimum Gasteiger partial charge on any atom is -0.369 e. The zero-order valence-corrected chi connectivity index (χ0v) is 12.6. The number of carbonyl (C=O) groups excluding carboxylic acids is 1. The summed E-state index contributed by atoms with van der Waals surface area (Å²) >= 11 is 0. The molecule has 5 heteroatoms. The van der Waals surface area contributed by atoms with Gasteiger partial charge in [-0.05, 0) is 33.2 Å². The van der Waals surface area contributed by atoms with Gasteiger partial charge in [-0.15, -0.1) is 12.4 Å². The highest BCUT2D eigenvalue weighted by Crippen LogP contribution is 2.12. The fourth-order valence-corrected chi connectivity index (χ4v) is 2.12. The molecule has 1 aliphatic heterocycles. The number of nitrogens with zero attached hydrogens (tertiary/aromatic N) is 1. The van der Waals surface area contributed by atoms with Crippen LogP contribution in [-0.4, -0.2) is 49.7 Å². The van der Waals surface area contributed by atoms with E-state index in [1.165, 1.54) is 0 Å². The number of unbranched alkanes of at least 4 members (excludes halogenated alkanes) is 1. The van der Waals surface area contributed by atoms with Crippen molar-refractivity contribution in [3.8, 4) is 0 Å². The minimum absolute atomic E-state index is 0. The van der Waals surface area contributed by atoms with Crippen molar-refractivity contribution in [3.63, 3.8) is 0 Å². The third kappa shape index (κ3) is 5.55. The zero-order chi connectivity index (χ0) is 12.7. The van der Waals surface area contributed by atoms with Crippen LogP contribution in [0, 0.1) is 0 Å². The van der Waals surface area contributed by atoms with Crippen molar-refractivity contribution in [2.45, 2.75) is 51.7 Å². The molecule has 4 nitrogen and oxygen atoms in total. The number of carbonyl (C=O) groups is 1. The van der Waals surface area contributed by atoms with Gasteiger partial charge in [0.15, 0.2) is 0 Å². The van der Waals surface area contributed by atoms with Crippen molar-refractivity contribution in [1.29, 1.82) is 0 Å². The molecule has 1 N–H and O–H groups in total.